The zero-order valence-electron chi connectivity index (χ0n) is 11.2. The minimum atomic E-state index is -0.290. The first kappa shape index (κ1) is 14.1. The Morgan fingerprint density at radius 1 is 1.53 bits per heavy atom. The van der Waals surface area contributed by atoms with Gasteiger partial charge in [-0.1, -0.05) is 26.7 Å². The van der Waals surface area contributed by atoms with Crippen molar-refractivity contribution in [2.24, 2.45) is 11.3 Å². The molecule has 1 fully saturated rings. The van der Waals surface area contributed by atoms with E-state index < -0.39 is 0 Å². The standard InChI is InChI=1S/C14H23NO2/c1-5-9-17-11-12-7-6-8-15(10-12)13(16)14(2,3)4/h1,12H,6-11H2,2-4H3. The van der Waals surface area contributed by atoms with Crippen LogP contribution in [0.25, 0.3) is 0 Å². The lowest BCUT2D eigenvalue weighted by Crippen LogP contribution is -2.46. The Hall–Kier alpha value is -1.01. The molecule has 1 aliphatic rings. The lowest BCUT2D eigenvalue weighted by molar-refractivity contribution is -0.141. The van der Waals surface area contributed by atoms with Crippen LogP contribution in [0.4, 0.5) is 0 Å². The van der Waals surface area contributed by atoms with E-state index in [1.54, 1.807) is 0 Å². The largest absolute Gasteiger partial charge is 0.368 e. The van der Waals surface area contributed by atoms with Crippen LogP contribution in [0, 0.1) is 23.7 Å². The number of carbonyl (C=O) groups is 1. The third-order valence-corrected chi connectivity index (χ3v) is 2.99. The molecular formula is C14H23NO2. The summed E-state index contributed by atoms with van der Waals surface area (Å²) in [6, 6.07) is 0. The normalized spacial score (nSPS) is 21.1. The van der Waals surface area contributed by atoms with Gasteiger partial charge in [-0.25, -0.2) is 0 Å². The molecule has 1 unspecified atom stereocenters. The number of piperidine rings is 1. The van der Waals surface area contributed by atoms with Crippen molar-refractivity contribution in [3.63, 3.8) is 0 Å². The number of carbonyl (C=O) groups excluding carboxylic acids is 1. The average molecular weight is 237 g/mol. The summed E-state index contributed by atoms with van der Waals surface area (Å²) in [7, 11) is 0. The monoisotopic (exact) mass is 237 g/mol. The van der Waals surface area contributed by atoms with Crippen molar-refractivity contribution in [1.82, 2.24) is 4.90 Å². The van der Waals surface area contributed by atoms with Crippen LogP contribution in [-0.2, 0) is 9.53 Å². The van der Waals surface area contributed by atoms with Crippen molar-refractivity contribution < 1.29 is 9.53 Å². The molecule has 1 heterocycles. The van der Waals surface area contributed by atoms with Crippen LogP contribution in [0.1, 0.15) is 33.6 Å². The molecule has 1 saturated heterocycles. The summed E-state index contributed by atoms with van der Waals surface area (Å²) < 4.78 is 5.36. The van der Waals surface area contributed by atoms with E-state index in [1.165, 1.54) is 0 Å². The molecule has 0 aromatic heterocycles. The van der Waals surface area contributed by atoms with Gasteiger partial charge in [-0.05, 0) is 18.8 Å². The highest BCUT2D eigenvalue weighted by Gasteiger charge is 2.30. The van der Waals surface area contributed by atoms with E-state index in [0.29, 0.717) is 19.1 Å². The highest BCUT2D eigenvalue weighted by Crippen LogP contribution is 2.23. The van der Waals surface area contributed by atoms with Gasteiger partial charge in [0.05, 0.1) is 6.61 Å². The van der Waals surface area contributed by atoms with E-state index in [-0.39, 0.29) is 11.3 Å². The van der Waals surface area contributed by atoms with Gasteiger partial charge in [-0.15, -0.1) is 6.42 Å². The highest BCUT2D eigenvalue weighted by atomic mass is 16.5. The molecule has 17 heavy (non-hydrogen) atoms. The van der Waals surface area contributed by atoms with Gasteiger partial charge in [-0.3, -0.25) is 4.79 Å². The van der Waals surface area contributed by atoms with Gasteiger partial charge in [0.25, 0.3) is 0 Å². The van der Waals surface area contributed by atoms with Crippen molar-refractivity contribution in [1.29, 1.82) is 0 Å². The van der Waals surface area contributed by atoms with E-state index in [2.05, 4.69) is 5.92 Å². The molecule has 0 radical (unpaired) electrons. The summed E-state index contributed by atoms with van der Waals surface area (Å²) in [4.78, 5) is 14.1. The second kappa shape index (κ2) is 6.07. The second-order valence-corrected chi connectivity index (χ2v) is 5.73. The maximum Gasteiger partial charge on any atom is 0.227 e. The Bertz CT molecular complexity index is 298. The minimum absolute atomic E-state index is 0.235. The molecule has 0 saturated carbocycles. The molecule has 3 heteroatoms. The molecule has 96 valence electrons. The Balaban J connectivity index is 2.44. The molecule has 0 aromatic rings. The third kappa shape index (κ3) is 4.40. The molecule has 1 atom stereocenters. The van der Waals surface area contributed by atoms with E-state index in [1.807, 2.05) is 25.7 Å². The van der Waals surface area contributed by atoms with Gasteiger partial charge in [0.15, 0.2) is 0 Å². The van der Waals surface area contributed by atoms with Crippen molar-refractivity contribution in [3.8, 4) is 12.3 Å². The van der Waals surface area contributed by atoms with E-state index in [4.69, 9.17) is 11.2 Å². The van der Waals surface area contributed by atoms with Crippen LogP contribution in [0.5, 0.6) is 0 Å². The predicted molar refractivity (Wildman–Crippen MR) is 68.4 cm³/mol. The summed E-state index contributed by atoms with van der Waals surface area (Å²) >= 11 is 0. The Morgan fingerprint density at radius 2 is 2.24 bits per heavy atom. The van der Waals surface area contributed by atoms with Crippen LogP contribution in [0.15, 0.2) is 0 Å². The number of rotatable bonds is 3. The van der Waals surface area contributed by atoms with E-state index in [0.717, 1.165) is 25.9 Å². The zero-order chi connectivity index (χ0) is 12.9. The van der Waals surface area contributed by atoms with Crippen LogP contribution in [0.3, 0.4) is 0 Å². The lowest BCUT2D eigenvalue weighted by atomic mass is 9.91. The first-order chi connectivity index (χ1) is 7.95. The molecule has 0 aromatic carbocycles. The Kier molecular flexibility index (Phi) is 5.02. The number of terminal acetylenes is 1. The van der Waals surface area contributed by atoms with Crippen LogP contribution in [-0.4, -0.2) is 37.1 Å². The van der Waals surface area contributed by atoms with E-state index in [9.17, 15) is 4.79 Å². The topological polar surface area (TPSA) is 29.5 Å². The maximum atomic E-state index is 12.1. The Labute approximate surface area is 105 Å². The quantitative estimate of drug-likeness (QED) is 0.554. The van der Waals surface area contributed by atoms with Crippen LogP contribution in [0.2, 0.25) is 0 Å². The fraction of sp³-hybridized carbons (Fsp3) is 0.786. The van der Waals surface area contributed by atoms with Crippen molar-refractivity contribution in [3.05, 3.63) is 0 Å². The van der Waals surface area contributed by atoms with Gasteiger partial charge in [-0.2, -0.15) is 0 Å². The van der Waals surface area contributed by atoms with Gasteiger partial charge >= 0.3 is 0 Å². The average Bonchev–Trinajstić information content (AvgIpc) is 2.28. The molecular weight excluding hydrogens is 214 g/mol. The van der Waals surface area contributed by atoms with Gasteiger partial charge in [0.2, 0.25) is 5.91 Å². The summed E-state index contributed by atoms with van der Waals surface area (Å²) in [6.45, 7) is 8.61. The summed E-state index contributed by atoms with van der Waals surface area (Å²) in [5.74, 6) is 3.13. The molecule has 1 aliphatic heterocycles. The first-order valence-corrected chi connectivity index (χ1v) is 6.25. The van der Waals surface area contributed by atoms with Gasteiger partial charge in [0, 0.05) is 18.5 Å². The molecule has 0 bridgehead atoms. The number of nitrogens with zero attached hydrogens (tertiary/aromatic N) is 1. The Morgan fingerprint density at radius 3 is 2.82 bits per heavy atom. The number of hydrogen-bond donors (Lipinski definition) is 0. The number of ether oxygens (including phenoxy) is 1. The molecule has 0 spiro atoms. The van der Waals surface area contributed by atoms with Crippen LogP contribution < -0.4 is 0 Å². The lowest BCUT2D eigenvalue weighted by Gasteiger charge is -2.36. The van der Waals surface area contributed by atoms with Gasteiger partial charge < -0.3 is 9.64 Å². The molecule has 1 rings (SSSR count). The molecule has 1 amide bonds. The summed E-state index contributed by atoms with van der Waals surface area (Å²) in [5, 5.41) is 0. The predicted octanol–water partition coefficient (Wildman–Crippen LogP) is 1.92. The highest BCUT2D eigenvalue weighted by molar-refractivity contribution is 5.81. The van der Waals surface area contributed by atoms with E-state index >= 15 is 0 Å². The summed E-state index contributed by atoms with van der Waals surface area (Å²) in [6.07, 6.45) is 7.32. The number of likely N-dealkylation sites (tertiary alicyclic amines) is 1. The third-order valence-electron chi connectivity index (χ3n) is 2.99. The van der Waals surface area contributed by atoms with Crippen molar-refractivity contribution >= 4 is 5.91 Å². The fourth-order valence-electron chi connectivity index (χ4n) is 2.14. The van der Waals surface area contributed by atoms with Crippen LogP contribution >= 0.6 is 0 Å². The molecule has 0 aliphatic carbocycles. The summed E-state index contributed by atoms with van der Waals surface area (Å²) in [5.41, 5.74) is -0.290. The van der Waals surface area contributed by atoms with Crippen molar-refractivity contribution in [2.45, 2.75) is 33.6 Å². The molecule has 0 N–H and O–H groups in total. The molecule has 3 nitrogen and oxygen atoms in total. The van der Waals surface area contributed by atoms with Crippen molar-refractivity contribution in [2.75, 3.05) is 26.3 Å². The minimum Gasteiger partial charge on any atom is -0.368 e. The number of hydrogen-bond acceptors (Lipinski definition) is 2. The number of amides is 1. The fourth-order valence-corrected chi connectivity index (χ4v) is 2.14. The van der Waals surface area contributed by atoms with Gasteiger partial charge in [0.1, 0.15) is 6.61 Å². The SMILES string of the molecule is C#CCOCC1CCCN(C(=O)C(C)(C)C)C1. The first-order valence-electron chi connectivity index (χ1n) is 6.25. The smallest absolute Gasteiger partial charge is 0.227 e. The second-order valence-electron chi connectivity index (χ2n) is 5.73. The maximum absolute atomic E-state index is 12.1. The zero-order valence-corrected chi connectivity index (χ0v) is 11.2.